The van der Waals surface area contributed by atoms with Gasteiger partial charge >= 0.3 is 0 Å². The number of hydrogen-bond donors (Lipinski definition) is 0. The summed E-state index contributed by atoms with van der Waals surface area (Å²) in [4.78, 5) is 13.8. The van der Waals surface area contributed by atoms with E-state index in [0.717, 1.165) is 0 Å². The van der Waals surface area contributed by atoms with Crippen LogP contribution in [0.2, 0.25) is 0 Å². The minimum absolute atomic E-state index is 0.130. The largest absolute Gasteiger partial charge is 0.332 e. The van der Waals surface area contributed by atoms with Crippen molar-refractivity contribution in [1.82, 2.24) is 4.90 Å². The normalized spacial score (nSPS) is 24.8. The Labute approximate surface area is 97.3 Å². The van der Waals surface area contributed by atoms with Crippen molar-refractivity contribution in [2.45, 2.75) is 39.8 Å². The fraction of sp³-hybridized carbons (Fsp3) is 0.500. The van der Waals surface area contributed by atoms with Crippen molar-refractivity contribution < 1.29 is 4.79 Å². The Bertz CT molecular complexity index is 394. The van der Waals surface area contributed by atoms with E-state index >= 15 is 0 Å². The zero-order chi connectivity index (χ0) is 11.9. The maximum absolute atomic E-state index is 11.8. The quantitative estimate of drug-likeness (QED) is 0.697. The van der Waals surface area contributed by atoms with E-state index in [1.165, 1.54) is 11.1 Å². The van der Waals surface area contributed by atoms with Crippen molar-refractivity contribution in [3.8, 4) is 0 Å². The van der Waals surface area contributed by atoms with Crippen molar-refractivity contribution in [2.75, 3.05) is 0 Å². The monoisotopic (exact) mass is 217 g/mol. The van der Waals surface area contributed by atoms with Crippen LogP contribution in [0.3, 0.4) is 0 Å². The van der Waals surface area contributed by atoms with Crippen LogP contribution in [-0.2, 0) is 4.79 Å². The first kappa shape index (κ1) is 11.2. The third-order valence-electron chi connectivity index (χ3n) is 3.39. The highest BCUT2D eigenvalue weighted by molar-refractivity contribution is 5.86. The summed E-state index contributed by atoms with van der Waals surface area (Å²) in [6.45, 7) is 8.25. The molecule has 2 atom stereocenters. The predicted molar refractivity (Wildman–Crippen MR) is 65.1 cm³/mol. The van der Waals surface area contributed by atoms with E-state index in [2.05, 4.69) is 45.0 Å². The second-order valence-electron chi connectivity index (χ2n) is 4.98. The van der Waals surface area contributed by atoms with Crippen LogP contribution in [0.15, 0.2) is 24.3 Å². The average Bonchev–Trinajstić information content (AvgIpc) is 2.25. The molecule has 0 radical (unpaired) electrons. The van der Waals surface area contributed by atoms with Crippen LogP contribution in [0.4, 0.5) is 0 Å². The van der Waals surface area contributed by atoms with Gasteiger partial charge in [0, 0.05) is 6.04 Å². The summed E-state index contributed by atoms with van der Waals surface area (Å²) in [6, 6.07) is 9.06. The van der Waals surface area contributed by atoms with Gasteiger partial charge in [-0.1, -0.05) is 36.8 Å². The summed E-state index contributed by atoms with van der Waals surface area (Å²) in [5, 5.41) is 0. The molecule has 0 bridgehead atoms. The van der Waals surface area contributed by atoms with E-state index in [-0.39, 0.29) is 23.9 Å². The maximum atomic E-state index is 11.8. The van der Waals surface area contributed by atoms with Crippen LogP contribution < -0.4 is 0 Å². The lowest BCUT2D eigenvalue weighted by Gasteiger charge is -2.48. The van der Waals surface area contributed by atoms with Gasteiger partial charge in [-0.3, -0.25) is 4.79 Å². The van der Waals surface area contributed by atoms with Crippen LogP contribution in [0.5, 0.6) is 0 Å². The second-order valence-corrected chi connectivity index (χ2v) is 4.98. The highest BCUT2D eigenvalue weighted by atomic mass is 16.2. The number of carbonyl (C=O) groups excluding carboxylic acids is 1. The topological polar surface area (TPSA) is 20.3 Å². The Hall–Kier alpha value is -1.31. The highest BCUT2D eigenvalue weighted by Gasteiger charge is 2.45. The lowest BCUT2D eigenvalue weighted by atomic mass is 9.82. The molecule has 0 spiro atoms. The summed E-state index contributed by atoms with van der Waals surface area (Å²) in [7, 11) is 0. The van der Waals surface area contributed by atoms with Gasteiger partial charge in [-0.25, -0.2) is 0 Å². The van der Waals surface area contributed by atoms with E-state index < -0.39 is 0 Å². The zero-order valence-corrected chi connectivity index (χ0v) is 10.4. The van der Waals surface area contributed by atoms with E-state index in [1.807, 2.05) is 11.8 Å². The molecule has 1 aliphatic rings. The van der Waals surface area contributed by atoms with E-state index in [4.69, 9.17) is 0 Å². The molecule has 2 heteroatoms. The van der Waals surface area contributed by atoms with Crippen LogP contribution in [0.1, 0.15) is 37.9 Å². The van der Waals surface area contributed by atoms with Gasteiger partial charge in [-0.15, -0.1) is 0 Å². The lowest BCUT2D eigenvalue weighted by molar-refractivity contribution is -0.158. The summed E-state index contributed by atoms with van der Waals surface area (Å²) in [5.74, 6) is 0.408. The van der Waals surface area contributed by atoms with Gasteiger partial charge < -0.3 is 4.90 Å². The van der Waals surface area contributed by atoms with E-state index in [0.29, 0.717) is 0 Å². The SMILES string of the molecule is Cc1ccc([C@H]2[C@H](C)C(=O)N2C(C)C)cc1. The van der Waals surface area contributed by atoms with Gasteiger partial charge in [0.2, 0.25) is 5.91 Å². The molecule has 2 rings (SSSR count). The van der Waals surface area contributed by atoms with Gasteiger partial charge in [0.25, 0.3) is 0 Å². The molecule has 1 aromatic rings. The molecule has 2 nitrogen and oxygen atoms in total. The number of nitrogens with zero attached hydrogens (tertiary/aromatic N) is 1. The third kappa shape index (κ3) is 1.62. The molecule has 86 valence electrons. The summed E-state index contributed by atoms with van der Waals surface area (Å²) >= 11 is 0. The minimum atomic E-state index is 0.130. The Morgan fingerprint density at radius 3 is 2.25 bits per heavy atom. The van der Waals surface area contributed by atoms with Gasteiger partial charge in [0.05, 0.1) is 12.0 Å². The number of aryl methyl sites for hydroxylation is 1. The molecule has 0 N–H and O–H groups in total. The second kappa shape index (κ2) is 3.93. The standard InChI is InChI=1S/C14H19NO/c1-9(2)15-13(11(4)14(15)16)12-7-5-10(3)6-8-12/h5-9,11,13H,1-4H3/t11-,13+/m0/s1. The average molecular weight is 217 g/mol. The van der Waals surface area contributed by atoms with Crippen molar-refractivity contribution in [2.24, 2.45) is 5.92 Å². The molecular formula is C14H19NO. The fourth-order valence-corrected chi connectivity index (χ4v) is 2.45. The van der Waals surface area contributed by atoms with E-state index in [1.54, 1.807) is 0 Å². The number of carbonyl (C=O) groups is 1. The van der Waals surface area contributed by atoms with Gasteiger partial charge in [0.1, 0.15) is 0 Å². The van der Waals surface area contributed by atoms with Gasteiger partial charge in [0.15, 0.2) is 0 Å². The summed E-state index contributed by atoms with van der Waals surface area (Å²) in [5.41, 5.74) is 2.52. The number of rotatable bonds is 2. The number of amides is 1. The summed E-state index contributed by atoms with van der Waals surface area (Å²) < 4.78 is 0. The Kier molecular flexibility index (Phi) is 2.75. The molecule has 1 aliphatic heterocycles. The number of β-lactam (4-membered cyclic amide) rings is 1. The molecule has 0 aromatic heterocycles. The van der Waals surface area contributed by atoms with Crippen LogP contribution >= 0.6 is 0 Å². The Morgan fingerprint density at radius 2 is 1.75 bits per heavy atom. The Morgan fingerprint density at radius 1 is 1.19 bits per heavy atom. The van der Waals surface area contributed by atoms with Crippen molar-refractivity contribution >= 4 is 5.91 Å². The molecule has 1 saturated heterocycles. The Balaban J connectivity index is 2.26. The molecule has 0 aliphatic carbocycles. The van der Waals surface area contributed by atoms with Gasteiger partial charge in [-0.05, 0) is 26.3 Å². The first-order chi connectivity index (χ1) is 7.52. The molecule has 1 aromatic carbocycles. The molecule has 16 heavy (non-hydrogen) atoms. The van der Waals surface area contributed by atoms with Crippen LogP contribution in [-0.4, -0.2) is 16.8 Å². The molecule has 1 fully saturated rings. The number of hydrogen-bond acceptors (Lipinski definition) is 1. The van der Waals surface area contributed by atoms with Crippen LogP contribution in [0, 0.1) is 12.8 Å². The first-order valence-electron chi connectivity index (χ1n) is 5.91. The minimum Gasteiger partial charge on any atom is -0.332 e. The maximum Gasteiger partial charge on any atom is 0.228 e. The predicted octanol–water partition coefficient (Wildman–Crippen LogP) is 2.92. The van der Waals surface area contributed by atoms with Crippen LogP contribution in [0.25, 0.3) is 0 Å². The molecule has 1 heterocycles. The highest BCUT2D eigenvalue weighted by Crippen LogP contribution is 2.41. The molecular weight excluding hydrogens is 198 g/mol. The van der Waals surface area contributed by atoms with Gasteiger partial charge in [-0.2, -0.15) is 0 Å². The molecule has 1 amide bonds. The van der Waals surface area contributed by atoms with Crippen molar-refractivity contribution in [3.05, 3.63) is 35.4 Å². The fourth-order valence-electron chi connectivity index (χ4n) is 2.45. The van der Waals surface area contributed by atoms with E-state index in [9.17, 15) is 4.79 Å². The van der Waals surface area contributed by atoms with Crippen molar-refractivity contribution in [1.29, 1.82) is 0 Å². The smallest absolute Gasteiger partial charge is 0.228 e. The third-order valence-corrected chi connectivity index (χ3v) is 3.39. The van der Waals surface area contributed by atoms with Crippen molar-refractivity contribution in [3.63, 3.8) is 0 Å². The lowest BCUT2D eigenvalue weighted by Crippen LogP contribution is -2.56. The molecule has 0 saturated carbocycles. The molecule has 0 unspecified atom stereocenters. The number of likely N-dealkylation sites (tertiary alicyclic amines) is 1. The zero-order valence-electron chi connectivity index (χ0n) is 10.4. The first-order valence-corrected chi connectivity index (χ1v) is 5.91. The summed E-state index contributed by atoms with van der Waals surface area (Å²) in [6.07, 6.45) is 0. The number of benzene rings is 1.